The molecule has 1 aromatic heterocycles. The molecule has 0 aliphatic carbocycles. The van der Waals surface area contributed by atoms with Gasteiger partial charge in [-0.05, 0) is 32.4 Å². The number of aromatic nitrogens is 2. The van der Waals surface area contributed by atoms with Gasteiger partial charge in [-0.1, -0.05) is 30.3 Å². The van der Waals surface area contributed by atoms with E-state index < -0.39 is 54.6 Å². The predicted octanol–water partition coefficient (Wildman–Crippen LogP) is 0.950. The van der Waals surface area contributed by atoms with Crippen molar-refractivity contribution in [3.8, 4) is 0 Å². The van der Waals surface area contributed by atoms with Crippen molar-refractivity contribution in [2.24, 2.45) is 0 Å². The highest BCUT2D eigenvalue weighted by Gasteiger charge is 2.46. The number of amides is 1. The summed E-state index contributed by atoms with van der Waals surface area (Å²) in [7, 11) is 0. The van der Waals surface area contributed by atoms with Gasteiger partial charge in [0.1, 0.15) is 36.3 Å². The first-order chi connectivity index (χ1) is 16.4. The Kier molecular flexibility index (Phi) is 7.94. The van der Waals surface area contributed by atoms with E-state index in [1.54, 1.807) is 51.1 Å². The molecule has 4 atom stereocenters. The van der Waals surface area contributed by atoms with E-state index in [1.165, 1.54) is 12.3 Å². The van der Waals surface area contributed by atoms with E-state index in [9.17, 15) is 24.6 Å². The van der Waals surface area contributed by atoms with Crippen LogP contribution >= 0.6 is 0 Å². The van der Waals surface area contributed by atoms with Gasteiger partial charge >= 0.3 is 17.9 Å². The van der Waals surface area contributed by atoms with Crippen molar-refractivity contribution in [2.75, 3.05) is 12.3 Å². The van der Waals surface area contributed by atoms with Crippen molar-refractivity contribution in [1.82, 2.24) is 14.6 Å². The molecule has 4 N–H and O–H groups in total. The summed E-state index contributed by atoms with van der Waals surface area (Å²) < 4.78 is 16.9. The minimum Gasteiger partial charge on any atom is -0.442 e. The van der Waals surface area contributed by atoms with E-state index in [0.717, 1.165) is 4.57 Å². The minimum absolute atomic E-state index is 0.0330. The quantitative estimate of drug-likeness (QED) is 0.400. The highest BCUT2D eigenvalue weighted by molar-refractivity contribution is 5.70. The summed E-state index contributed by atoms with van der Waals surface area (Å²) in [5.74, 6) is -0.0330. The van der Waals surface area contributed by atoms with Crippen LogP contribution in [0.2, 0.25) is 0 Å². The highest BCUT2D eigenvalue weighted by atomic mass is 16.8. The van der Waals surface area contributed by atoms with Crippen LogP contribution in [-0.4, -0.2) is 67.5 Å². The van der Waals surface area contributed by atoms with Gasteiger partial charge in [0.25, 0.3) is 0 Å². The molecule has 0 bridgehead atoms. The maximum Gasteiger partial charge on any atom is 0.533 e. The summed E-state index contributed by atoms with van der Waals surface area (Å²) in [6.45, 7) is 4.17. The predicted molar refractivity (Wildman–Crippen MR) is 119 cm³/mol. The second kappa shape index (κ2) is 10.7. The van der Waals surface area contributed by atoms with E-state index in [1.807, 2.05) is 0 Å². The number of anilines is 1. The largest absolute Gasteiger partial charge is 0.533 e. The maximum absolute atomic E-state index is 12.7. The molecule has 2 aromatic rings. The summed E-state index contributed by atoms with van der Waals surface area (Å²) >= 11 is 0. The van der Waals surface area contributed by atoms with Crippen LogP contribution in [0.5, 0.6) is 0 Å². The van der Waals surface area contributed by atoms with Crippen LogP contribution < -0.4 is 11.4 Å². The Balaban J connectivity index is 1.72. The third-order valence-corrected chi connectivity index (χ3v) is 4.79. The first kappa shape index (κ1) is 25.9. The van der Waals surface area contributed by atoms with Crippen LogP contribution in [-0.2, 0) is 25.7 Å². The van der Waals surface area contributed by atoms with Gasteiger partial charge in [0.05, 0.1) is 6.54 Å². The second-order valence-corrected chi connectivity index (χ2v) is 8.75. The molecule has 1 aromatic carbocycles. The molecular weight excluding hydrogens is 464 g/mol. The summed E-state index contributed by atoms with van der Waals surface area (Å²) in [6.07, 6.45) is -6.74. The first-order valence-corrected chi connectivity index (χ1v) is 10.7. The third-order valence-electron chi connectivity index (χ3n) is 4.79. The number of hydrogen-bond acceptors (Lipinski definition) is 11. The highest BCUT2D eigenvalue weighted by Crippen LogP contribution is 2.29. The van der Waals surface area contributed by atoms with Crippen molar-refractivity contribution < 1.29 is 38.9 Å². The molecule has 1 aliphatic rings. The van der Waals surface area contributed by atoms with Crippen LogP contribution in [0.4, 0.5) is 15.4 Å². The molecule has 1 saturated heterocycles. The summed E-state index contributed by atoms with van der Waals surface area (Å²) in [6, 6.07) is 10.1. The number of nitrogens with two attached hydrogens (primary N) is 1. The number of carbonyl (C=O) groups is 2. The lowest BCUT2D eigenvalue weighted by atomic mass is 10.1. The number of aliphatic hydroxyl groups excluding tert-OH is 2. The SMILES string of the molecule is CC(C)(C)OC(=O)N(C[C@H]1O[C@@H](n2ccc(N)nc2=O)[C@H](O)[C@@H]1O)OC(=O)OCc1ccccc1. The Labute approximate surface area is 200 Å². The number of ether oxygens (including phenoxy) is 3. The van der Waals surface area contributed by atoms with Crippen LogP contribution in [0.15, 0.2) is 47.4 Å². The molecule has 13 heteroatoms. The van der Waals surface area contributed by atoms with Gasteiger partial charge in [-0.25, -0.2) is 14.4 Å². The van der Waals surface area contributed by atoms with Gasteiger partial charge in [-0.15, -0.1) is 5.06 Å². The minimum atomic E-state index is -1.56. The normalized spacial score (nSPS) is 21.9. The number of nitrogen functional groups attached to an aromatic ring is 1. The van der Waals surface area contributed by atoms with E-state index in [0.29, 0.717) is 10.6 Å². The van der Waals surface area contributed by atoms with E-state index in [2.05, 4.69) is 4.98 Å². The zero-order chi connectivity index (χ0) is 25.8. The maximum atomic E-state index is 12.7. The second-order valence-electron chi connectivity index (χ2n) is 8.75. The van der Waals surface area contributed by atoms with Crippen molar-refractivity contribution in [2.45, 2.75) is 57.5 Å². The fourth-order valence-electron chi connectivity index (χ4n) is 3.19. The zero-order valence-electron chi connectivity index (χ0n) is 19.4. The molecule has 13 nitrogen and oxygen atoms in total. The fraction of sp³-hybridized carbons (Fsp3) is 0.455. The van der Waals surface area contributed by atoms with Crippen LogP contribution in [0, 0.1) is 0 Å². The van der Waals surface area contributed by atoms with Gasteiger partial charge in [-0.2, -0.15) is 4.98 Å². The van der Waals surface area contributed by atoms with Gasteiger partial charge in [0.15, 0.2) is 6.23 Å². The van der Waals surface area contributed by atoms with E-state index in [4.69, 9.17) is 24.8 Å². The Morgan fingerprint density at radius 1 is 1.17 bits per heavy atom. The van der Waals surface area contributed by atoms with E-state index >= 15 is 0 Å². The van der Waals surface area contributed by atoms with Crippen molar-refractivity contribution in [3.05, 3.63) is 58.6 Å². The van der Waals surface area contributed by atoms with E-state index in [-0.39, 0.29) is 12.4 Å². The topological polar surface area (TPSA) is 176 Å². The lowest BCUT2D eigenvalue weighted by molar-refractivity contribution is -0.149. The summed E-state index contributed by atoms with van der Waals surface area (Å²) in [5, 5.41) is 21.5. The fourth-order valence-corrected chi connectivity index (χ4v) is 3.19. The van der Waals surface area contributed by atoms with Crippen LogP contribution in [0.3, 0.4) is 0 Å². The van der Waals surface area contributed by atoms with Crippen molar-refractivity contribution in [3.63, 3.8) is 0 Å². The Morgan fingerprint density at radius 3 is 2.49 bits per heavy atom. The molecule has 0 saturated carbocycles. The molecule has 3 rings (SSSR count). The summed E-state index contributed by atoms with van der Waals surface area (Å²) in [4.78, 5) is 45.7. The molecule has 1 fully saturated rings. The molecule has 0 radical (unpaired) electrons. The first-order valence-electron chi connectivity index (χ1n) is 10.7. The monoisotopic (exact) mass is 492 g/mol. The van der Waals surface area contributed by atoms with Gasteiger partial charge in [0, 0.05) is 6.20 Å². The van der Waals surface area contributed by atoms with Crippen molar-refractivity contribution in [1.29, 1.82) is 0 Å². The van der Waals surface area contributed by atoms with Gasteiger partial charge < -0.3 is 35.0 Å². The van der Waals surface area contributed by atoms with Crippen LogP contribution in [0.25, 0.3) is 0 Å². The Morgan fingerprint density at radius 2 is 1.86 bits per heavy atom. The molecule has 2 heterocycles. The molecule has 0 unspecified atom stereocenters. The number of nitrogens with zero attached hydrogens (tertiary/aromatic N) is 3. The third kappa shape index (κ3) is 6.91. The number of hydrogen-bond donors (Lipinski definition) is 3. The summed E-state index contributed by atoms with van der Waals surface area (Å²) in [5.41, 5.74) is 4.42. The average molecular weight is 492 g/mol. The lowest BCUT2D eigenvalue weighted by Crippen LogP contribution is -2.45. The molecule has 0 spiro atoms. The van der Waals surface area contributed by atoms with Crippen LogP contribution in [0.1, 0.15) is 32.6 Å². The molecule has 1 amide bonds. The molecule has 35 heavy (non-hydrogen) atoms. The molecule has 190 valence electrons. The van der Waals surface area contributed by atoms with Gasteiger partial charge in [0.2, 0.25) is 0 Å². The zero-order valence-corrected chi connectivity index (χ0v) is 19.4. The number of rotatable bonds is 5. The average Bonchev–Trinajstić information content (AvgIpc) is 3.05. The standard InChI is InChI=1S/C22H28N4O9/c1-22(2,3)34-20(30)26(35-21(31)32-12-13-7-5-4-6-8-13)11-14-16(27)17(28)18(33-14)25-10-9-15(23)24-19(25)29/h4-10,14,16-18,27-28H,11-12H2,1-3H3,(H2,23,24,29)/t14-,16-,17-,18-/m1/s1. The number of benzene rings is 1. The molecular formula is C22H28N4O9. The number of aliphatic hydroxyl groups is 2. The Bertz CT molecular complexity index is 1090. The lowest BCUT2D eigenvalue weighted by Gasteiger charge is -2.27. The Hall–Kier alpha value is -3.68. The number of carbonyl (C=O) groups excluding carboxylic acids is 2. The smallest absolute Gasteiger partial charge is 0.442 e. The van der Waals surface area contributed by atoms with Gasteiger partial charge in [-0.3, -0.25) is 4.57 Å². The van der Waals surface area contributed by atoms with Crippen molar-refractivity contribution >= 4 is 18.1 Å². The molecule has 1 aliphatic heterocycles. The number of hydroxylamine groups is 2.